The number of halogens is 1. The van der Waals surface area contributed by atoms with Crippen molar-refractivity contribution in [1.29, 1.82) is 0 Å². The molecule has 0 aliphatic carbocycles. The van der Waals surface area contributed by atoms with Gasteiger partial charge < -0.3 is 4.74 Å². The summed E-state index contributed by atoms with van der Waals surface area (Å²) in [6, 6.07) is 4.68. The Morgan fingerprint density at radius 3 is 2.53 bits per heavy atom. The van der Waals surface area contributed by atoms with E-state index in [1.165, 1.54) is 13.2 Å². The van der Waals surface area contributed by atoms with Crippen molar-refractivity contribution >= 4 is 6.21 Å². The van der Waals surface area contributed by atoms with E-state index in [9.17, 15) is 4.39 Å². The van der Waals surface area contributed by atoms with Crippen LogP contribution >= 0.6 is 0 Å². The van der Waals surface area contributed by atoms with Crippen molar-refractivity contribution in [3.05, 3.63) is 29.6 Å². The maximum Gasteiger partial charge on any atom is 0.165 e. The van der Waals surface area contributed by atoms with Crippen molar-refractivity contribution in [3.63, 3.8) is 0 Å². The Morgan fingerprint density at radius 2 is 2.00 bits per heavy atom. The van der Waals surface area contributed by atoms with Crippen molar-refractivity contribution in [2.45, 2.75) is 26.3 Å². The SMILES string of the molecule is COc1cc(C=NC(C)(C)C)ccc1F. The molecule has 2 nitrogen and oxygen atoms in total. The molecular weight excluding hydrogens is 193 g/mol. The van der Waals surface area contributed by atoms with Crippen LogP contribution in [0.4, 0.5) is 4.39 Å². The van der Waals surface area contributed by atoms with Crippen LogP contribution in [0.1, 0.15) is 26.3 Å². The van der Waals surface area contributed by atoms with Crippen LogP contribution in [-0.2, 0) is 0 Å². The van der Waals surface area contributed by atoms with Gasteiger partial charge in [0.2, 0.25) is 0 Å². The van der Waals surface area contributed by atoms with Gasteiger partial charge >= 0.3 is 0 Å². The van der Waals surface area contributed by atoms with E-state index in [-0.39, 0.29) is 17.1 Å². The number of rotatable bonds is 2. The Hall–Kier alpha value is -1.38. The van der Waals surface area contributed by atoms with Crippen LogP contribution < -0.4 is 4.74 Å². The number of hydrogen-bond acceptors (Lipinski definition) is 2. The second-order valence-corrected chi connectivity index (χ2v) is 4.32. The van der Waals surface area contributed by atoms with Crippen LogP contribution in [-0.4, -0.2) is 18.9 Å². The molecule has 0 atom stereocenters. The van der Waals surface area contributed by atoms with E-state index in [4.69, 9.17) is 4.74 Å². The molecule has 0 unspecified atom stereocenters. The summed E-state index contributed by atoms with van der Waals surface area (Å²) in [5.74, 6) is -0.113. The first-order valence-corrected chi connectivity index (χ1v) is 4.81. The van der Waals surface area contributed by atoms with Gasteiger partial charge in [-0.15, -0.1) is 0 Å². The Kier molecular flexibility index (Phi) is 3.45. The van der Waals surface area contributed by atoms with Crippen molar-refractivity contribution in [1.82, 2.24) is 0 Å². The van der Waals surface area contributed by atoms with Crippen molar-refractivity contribution < 1.29 is 9.13 Å². The van der Waals surface area contributed by atoms with Crippen LogP contribution in [0, 0.1) is 5.82 Å². The van der Waals surface area contributed by atoms with Gasteiger partial charge in [0.15, 0.2) is 11.6 Å². The van der Waals surface area contributed by atoms with Gasteiger partial charge in [0.05, 0.1) is 12.6 Å². The molecule has 1 rings (SSSR count). The fourth-order valence-corrected chi connectivity index (χ4v) is 1.02. The molecule has 0 fully saturated rings. The Balaban J connectivity index is 2.93. The second kappa shape index (κ2) is 4.43. The number of ether oxygens (including phenoxy) is 1. The smallest absolute Gasteiger partial charge is 0.165 e. The molecule has 0 N–H and O–H groups in total. The van der Waals surface area contributed by atoms with Crippen LogP contribution in [0.25, 0.3) is 0 Å². The molecule has 0 saturated carbocycles. The molecule has 82 valence electrons. The lowest BCUT2D eigenvalue weighted by atomic mass is 10.1. The lowest BCUT2D eigenvalue weighted by molar-refractivity contribution is 0.386. The zero-order valence-corrected chi connectivity index (χ0v) is 9.54. The molecule has 0 bridgehead atoms. The Bertz CT molecular complexity index is 366. The van der Waals surface area contributed by atoms with Gasteiger partial charge in [0, 0.05) is 6.21 Å². The van der Waals surface area contributed by atoms with Crippen LogP contribution in [0.5, 0.6) is 5.75 Å². The molecule has 1 aromatic rings. The zero-order valence-electron chi connectivity index (χ0n) is 9.54. The molecule has 0 saturated heterocycles. The summed E-state index contributed by atoms with van der Waals surface area (Å²) in [5.41, 5.74) is 0.713. The average Bonchev–Trinajstić information content (AvgIpc) is 2.15. The average molecular weight is 209 g/mol. The Morgan fingerprint density at radius 1 is 1.33 bits per heavy atom. The van der Waals surface area contributed by atoms with Gasteiger partial charge in [0.1, 0.15) is 0 Å². The topological polar surface area (TPSA) is 21.6 Å². The number of benzene rings is 1. The lowest BCUT2D eigenvalue weighted by Gasteiger charge is -2.11. The third-order valence-electron chi connectivity index (χ3n) is 1.78. The highest BCUT2D eigenvalue weighted by atomic mass is 19.1. The monoisotopic (exact) mass is 209 g/mol. The number of nitrogens with zero attached hydrogens (tertiary/aromatic N) is 1. The van der Waals surface area contributed by atoms with Gasteiger partial charge in [-0.3, -0.25) is 4.99 Å². The highest BCUT2D eigenvalue weighted by Gasteiger charge is 2.06. The number of aliphatic imine (C=N–C) groups is 1. The standard InChI is InChI=1S/C12H16FNO/c1-12(2,3)14-8-9-5-6-10(13)11(7-9)15-4/h5-8H,1-4H3. The summed E-state index contributed by atoms with van der Waals surface area (Å²) in [7, 11) is 1.45. The van der Waals surface area contributed by atoms with Gasteiger partial charge in [-0.1, -0.05) is 6.07 Å². The predicted molar refractivity (Wildman–Crippen MR) is 60.3 cm³/mol. The molecule has 0 radical (unpaired) electrons. The first-order chi connectivity index (χ1) is 6.92. The summed E-state index contributed by atoms with van der Waals surface area (Å²) in [4.78, 5) is 4.33. The maximum atomic E-state index is 13.1. The summed E-state index contributed by atoms with van der Waals surface area (Å²) < 4.78 is 18.0. The molecule has 0 spiro atoms. The van der Waals surface area contributed by atoms with Crippen molar-refractivity contribution in [3.8, 4) is 5.75 Å². The molecular formula is C12H16FNO. The summed E-state index contributed by atoms with van der Waals surface area (Å²) >= 11 is 0. The van der Waals surface area contributed by atoms with Gasteiger partial charge in [-0.2, -0.15) is 0 Å². The highest BCUT2D eigenvalue weighted by molar-refractivity contribution is 5.80. The summed E-state index contributed by atoms with van der Waals surface area (Å²) in [5, 5.41) is 0. The normalized spacial score (nSPS) is 12.1. The molecule has 0 aliphatic heterocycles. The fraction of sp³-hybridized carbons (Fsp3) is 0.417. The maximum absolute atomic E-state index is 13.1. The molecule has 3 heteroatoms. The third kappa shape index (κ3) is 3.70. The quantitative estimate of drug-likeness (QED) is 0.686. The molecule has 0 aliphatic rings. The van der Waals surface area contributed by atoms with E-state index in [0.29, 0.717) is 0 Å². The first-order valence-electron chi connectivity index (χ1n) is 4.81. The molecule has 0 heterocycles. The van der Waals surface area contributed by atoms with Crippen LogP contribution in [0.3, 0.4) is 0 Å². The number of hydrogen-bond donors (Lipinski definition) is 0. The van der Waals surface area contributed by atoms with Gasteiger partial charge in [-0.05, 0) is 38.5 Å². The van der Waals surface area contributed by atoms with Crippen LogP contribution in [0.15, 0.2) is 23.2 Å². The second-order valence-electron chi connectivity index (χ2n) is 4.32. The minimum absolute atomic E-state index is 0.123. The molecule has 15 heavy (non-hydrogen) atoms. The van der Waals surface area contributed by atoms with Gasteiger partial charge in [0.25, 0.3) is 0 Å². The van der Waals surface area contributed by atoms with E-state index < -0.39 is 0 Å². The van der Waals surface area contributed by atoms with Crippen molar-refractivity contribution in [2.75, 3.05) is 7.11 Å². The van der Waals surface area contributed by atoms with Gasteiger partial charge in [-0.25, -0.2) is 4.39 Å². The molecule has 0 aromatic heterocycles. The van der Waals surface area contributed by atoms with E-state index in [0.717, 1.165) is 5.56 Å². The van der Waals surface area contributed by atoms with E-state index in [1.807, 2.05) is 20.8 Å². The minimum atomic E-state index is -0.356. The number of methoxy groups -OCH3 is 1. The van der Waals surface area contributed by atoms with Crippen LogP contribution in [0.2, 0.25) is 0 Å². The highest BCUT2D eigenvalue weighted by Crippen LogP contribution is 2.17. The third-order valence-corrected chi connectivity index (χ3v) is 1.78. The predicted octanol–water partition coefficient (Wildman–Crippen LogP) is 3.05. The largest absolute Gasteiger partial charge is 0.494 e. The molecule has 0 amide bonds. The van der Waals surface area contributed by atoms with E-state index in [1.54, 1.807) is 18.3 Å². The first kappa shape index (κ1) is 11.7. The summed E-state index contributed by atoms with van der Waals surface area (Å²) in [6.07, 6.45) is 1.72. The van der Waals surface area contributed by atoms with E-state index >= 15 is 0 Å². The molecule has 1 aromatic carbocycles. The Labute approximate surface area is 89.8 Å². The minimum Gasteiger partial charge on any atom is -0.494 e. The summed E-state index contributed by atoms with van der Waals surface area (Å²) in [6.45, 7) is 6.01. The fourth-order valence-electron chi connectivity index (χ4n) is 1.02. The van der Waals surface area contributed by atoms with E-state index in [2.05, 4.69) is 4.99 Å². The van der Waals surface area contributed by atoms with Crippen molar-refractivity contribution in [2.24, 2.45) is 4.99 Å². The lowest BCUT2D eigenvalue weighted by Crippen LogP contribution is -2.09. The zero-order chi connectivity index (χ0) is 11.5.